The van der Waals surface area contributed by atoms with Crippen LogP contribution in [0.15, 0.2) is 54.6 Å². The molecular weight excluding hydrogens is 224 g/mol. The lowest BCUT2D eigenvalue weighted by molar-refractivity contribution is -0.111. The first-order valence-electron chi connectivity index (χ1n) is 6.09. The van der Waals surface area contributed by atoms with Crippen LogP contribution in [0.5, 0.6) is 5.75 Å². The van der Waals surface area contributed by atoms with Crippen LogP contribution >= 0.6 is 0 Å². The van der Waals surface area contributed by atoms with Gasteiger partial charge in [-0.2, -0.15) is 0 Å². The quantitative estimate of drug-likeness (QED) is 0.737. The molecule has 0 spiro atoms. The average molecular weight is 241 g/mol. The van der Waals surface area contributed by atoms with Crippen molar-refractivity contribution in [2.24, 2.45) is 0 Å². The summed E-state index contributed by atoms with van der Waals surface area (Å²) in [6.45, 7) is 3.99. The minimum Gasteiger partial charge on any atom is -0.460 e. The predicted octanol–water partition coefficient (Wildman–Crippen LogP) is 3.99. The molecule has 1 atom stereocenters. The highest BCUT2D eigenvalue weighted by Crippen LogP contribution is 2.23. The fraction of sp³-hybridized carbons (Fsp3) is 0.250. The molecule has 0 fully saturated rings. The van der Waals surface area contributed by atoms with Crippen LogP contribution in [0.2, 0.25) is 0 Å². The van der Waals surface area contributed by atoms with Gasteiger partial charge in [-0.25, -0.2) is 0 Å². The van der Waals surface area contributed by atoms with E-state index in [-0.39, 0.29) is 6.10 Å². The highest BCUT2D eigenvalue weighted by molar-refractivity contribution is 5.22. The summed E-state index contributed by atoms with van der Waals surface area (Å²) in [5.74, 6) is 0.687. The van der Waals surface area contributed by atoms with E-state index in [9.17, 15) is 0 Å². The van der Waals surface area contributed by atoms with Crippen LogP contribution in [0.4, 0.5) is 0 Å². The van der Waals surface area contributed by atoms with Gasteiger partial charge in [-0.1, -0.05) is 48.5 Å². The van der Waals surface area contributed by atoms with Crippen molar-refractivity contribution in [1.29, 1.82) is 0 Å². The zero-order chi connectivity index (χ0) is 12.8. The fourth-order valence-corrected chi connectivity index (χ4v) is 1.60. The highest BCUT2D eigenvalue weighted by Gasteiger charge is 2.15. The standard InChI is InChI=1S/C16H17O2/c1-13(2)17-16(14-9-5-3-6-10-14)18-15-11-7-4-8-12-15/h3-11,13,16H,1-2H3. The molecule has 0 aliphatic rings. The normalized spacial score (nSPS) is 12.4. The van der Waals surface area contributed by atoms with E-state index in [1.165, 1.54) is 0 Å². The monoisotopic (exact) mass is 241 g/mol. The summed E-state index contributed by atoms with van der Waals surface area (Å²) in [5.41, 5.74) is 1.00. The molecule has 0 heterocycles. The first-order valence-corrected chi connectivity index (χ1v) is 6.09. The van der Waals surface area contributed by atoms with Crippen molar-refractivity contribution in [2.75, 3.05) is 0 Å². The molecule has 2 heteroatoms. The Morgan fingerprint density at radius 2 is 1.67 bits per heavy atom. The minimum absolute atomic E-state index is 0.0962. The summed E-state index contributed by atoms with van der Waals surface area (Å²) in [7, 11) is 0. The van der Waals surface area contributed by atoms with Gasteiger partial charge in [-0.15, -0.1) is 0 Å². The van der Waals surface area contributed by atoms with Crippen LogP contribution in [0.3, 0.4) is 0 Å². The van der Waals surface area contributed by atoms with E-state index >= 15 is 0 Å². The Kier molecular flexibility index (Phi) is 4.37. The molecule has 2 rings (SSSR count). The van der Waals surface area contributed by atoms with Crippen molar-refractivity contribution >= 4 is 0 Å². The molecule has 0 bridgehead atoms. The number of hydrogen-bond donors (Lipinski definition) is 0. The van der Waals surface area contributed by atoms with Crippen LogP contribution in [-0.4, -0.2) is 6.10 Å². The lowest BCUT2D eigenvalue weighted by Gasteiger charge is -2.21. The molecule has 18 heavy (non-hydrogen) atoms. The molecule has 2 aromatic rings. The van der Waals surface area contributed by atoms with Crippen molar-refractivity contribution in [3.8, 4) is 5.75 Å². The van der Waals surface area contributed by atoms with E-state index < -0.39 is 6.29 Å². The van der Waals surface area contributed by atoms with E-state index in [0.717, 1.165) is 5.56 Å². The molecule has 0 aromatic heterocycles. The molecular formula is C16H17O2. The first-order chi connectivity index (χ1) is 8.75. The van der Waals surface area contributed by atoms with Crippen LogP contribution in [0.25, 0.3) is 0 Å². The number of para-hydroxylation sites is 1. The average Bonchev–Trinajstić information content (AvgIpc) is 2.40. The molecule has 0 saturated carbocycles. The third kappa shape index (κ3) is 3.60. The Hall–Kier alpha value is -1.80. The molecule has 1 radical (unpaired) electrons. The summed E-state index contributed by atoms with van der Waals surface area (Å²) >= 11 is 0. The topological polar surface area (TPSA) is 18.5 Å². The molecule has 0 aliphatic carbocycles. The SMILES string of the molecule is CC(C)OC(Oc1[c]cccc1)c1ccccc1. The van der Waals surface area contributed by atoms with Gasteiger partial charge in [-0.3, -0.25) is 0 Å². The Balaban J connectivity index is 2.16. The third-order valence-electron chi connectivity index (χ3n) is 2.38. The predicted molar refractivity (Wildman–Crippen MR) is 71.3 cm³/mol. The van der Waals surface area contributed by atoms with Crippen LogP contribution in [-0.2, 0) is 4.74 Å². The van der Waals surface area contributed by atoms with Gasteiger partial charge in [0.2, 0.25) is 6.29 Å². The molecule has 0 saturated heterocycles. The Morgan fingerprint density at radius 1 is 0.944 bits per heavy atom. The second-order valence-corrected chi connectivity index (χ2v) is 4.27. The summed E-state index contributed by atoms with van der Waals surface area (Å²) in [4.78, 5) is 0. The Bertz CT molecular complexity index is 451. The van der Waals surface area contributed by atoms with Gasteiger partial charge in [0.15, 0.2) is 0 Å². The first kappa shape index (κ1) is 12.7. The second kappa shape index (κ2) is 6.22. The highest BCUT2D eigenvalue weighted by atomic mass is 16.7. The smallest absolute Gasteiger partial charge is 0.226 e. The van der Waals surface area contributed by atoms with Crippen molar-refractivity contribution in [1.82, 2.24) is 0 Å². The molecule has 1 unspecified atom stereocenters. The second-order valence-electron chi connectivity index (χ2n) is 4.27. The third-order valence-corrected chi connectivity index (χ3v) is 2.38. The van der Waals surface area contributed by atoms with E-state index in [1.54, 1.807) is 0 Å². The zero-order valence-corrected chi connectivity index (χ0v) is 10.7. The summed E-state index contributed by atoms with van der Waals surface area (Å²) in [6, 6.07) is 20.5. The Morgan fingerprint density at radius 3 is 2.28 bits per heavy atom. The number of hydrogen-bond acceptors (Lipinski definition) is 2. The summed E-state index contributed by atoms with van der Waals surface area (Å²) in [6.07, 6.45) is -0.302. The number of benzene rings is 2. The maximum Gasteiger partial charge on any atom is 0.226 e. The zero-order valence-electron chi connectivity index (χ0n) is 10.7. The molecule has 0 amide bonds. The van der Waals surface area contributed by atoms with Gasteiger partial charge in [0.25, 0.3) is 0 Å². The molecule has 0 aliphatic heterocycles. The van der Waals surface area contributed by atoms with Gasteiger partial charge in [0.1, 0.15) is 5.75 Å². The lowest BCUT2D eigenvalue weighted by atomic mass is 10.2. The van der Waals surface area contributed by atoms with Crippen LogP contribution < -0.4 is 4.74 Å². The number of ether oxygens (including phenoxy) is 2. The van der Waals surface area contributed by atoms with Crippen molar-refractivity contribution < 1.29 is 9.47 Å². The van der Waals surface area contributed by atoms with Gasteiger partial charge in [0.05, 0.1) is 6.10 Å². The van der Waals surface area contributed by atoms with Gasteiger partial charge >= 0.3 is 0 Å². The Labute approximate surface area is 108 Å². The fourth-order valence-electron chi connectivity index (χ4n) is 1.60. The van der Waals surface area contributed by atoms with Gasteiger partial charge in [0, 0.05) is 11.6 Å². The molecule has 93 valence electrons. The molecule has 2 aromatic carbocycles. The van der Waals surface area contributed by atoms with Crippen LogP contribution in [0, 0.1) is 6.07 Å². The van der Waals surface area contributed by atoms with Crippen molar-refractivity contribution in [3.63, 3.8) is 0 Å². The van der Waals surface area contributed by atoms with Gasteiger partial charge in [-0.05, 0) is 19.9 Å². The van der Waals surface area contributed by atoms with Gasteiger partial charge < -0.3 is 9.47 Å². The summed E-state index contributed by atoms with van der Waals surface area (Å²) < 4.78 is 11.6. The van der Waals surface area contributed by atoms with E-state index in [1.807, 2.05) is 68.4 Å². The van der Waals surface area contributed by atoms with Crippen LogP contribution in [0.1, 0.15) is 25.7 Å². The molecule has 2 nitrogen and oxygen atoms in total. The van der Waals surface area contributed by atoms with Crippen molar-refractivity contribution in [3.05, 3.63) is 66.2 Å². The van der Waals surface area contributed by atoms with Crippen molar-refractivity contribution in [2.45, 2.75) is 26.2 Å². The maximum absolute atomic E-state index is 5.83. The lowest BCUT2D eigenvalue weighted by Crippen LogP contribution is -2.16. The van der Waals surface area contributed by atoms with E-state index in [2.05, 4.69) is 6.07 Å². The number of rotatable bonds is 5. The molecule has 0 N–H and O–H groups in total. The van der Waals surface area contributed by atoms with E-state index in [0.29, 0.717) is 5.75 Å². The minimum atomic E-state index is -0.398. The van der Waals surface area contributed by atoms with E-state index in [4.69, 9.17) is 9.47 Å². The summed E-state index contributed by atoms with van der Waals surface area (Å²) in [5, 5.41) is 0. The largest absolute Gasteiger partial charge is 0.460 e. The maximum atomic E-state index is 5.83.